The summed E-state index contributed by atoms with van der Waals surface area (Å²) >= 11 is 12.0. The molecular weight excluding hydrogens is 409 g/mol. The quantitative estimate of drug-likeness (QED) is 0.518. The lowest BCUT2D eigenvalue weighted by atomic mass is 10.2. The third-order valence-corrected chi connectivity index (χ3v) is 5.25. The number of hydrogen-bond acceptors (Lipinski definition) is 6. The van der Waals surface area contributed by atoms with Gasteiger partial charge in [0.2, 0.25) is 5.91 Å². The van der Waals surface area contributed by atoms with E-state index in [0.717, 1.165) is 12.1 Å². The van der Waals surface area contributed by atoms with Crippen LogP contribution in [0.15, 0.2) is 24.4 Å². The van der Waals surface area contributed by atoms with E-state index >= 15 is 0 Å². The molecule has 1 aliphatic rings. The van der Waals surface area contributed by atoms with Gasteiger partial charge in [-0.05, 0) is 17.7 Å². The minimum absolute atomic E-state index is 0.0724. The number of halogens is 2. The zero-order valence-corrected chi connectivity index (χ0v) is 16.7. The Labute approximate surface area is 171 Å². The first-order valence-corrected chi connectivity index (χ1v) is 9.33. The summed E-state index contributed by atoms with van der Waals surface area (Å²) in [6.45, 7) is 3.23. The van der Waals surface area contributed by atoms with Crippen LogP contribution in [0.4, 0.5) is 5.69 Å². The molecule has 150 valence electrons. The molecule has 28 heavy (non-hydrogen) atoms. The maximum atomic E-state index is 12.5. The summed E-state index contributed by atoms with van der Waals surface area (Å²) in [5.74, 6) is -0.251. The largest absolute Gasteiger partial charge is 0.475 e. The lowest BCUT2D eigenvalue weighted by Gasteiger charge is -2.34. The fourth-order valence-corrected chi connectivity index (χ4v) is 3.36. The van der Waals surface area contributed by atoms with Gasteiger partial charge in [-0.3, -0.25) is 24.5 Å². The van der Waals surface area contributed by atoms with Gasteiger partial charge >= 0.3 is 11.6 Å². The Morgan fingerprint density at radius 2 is 1.96 bits per heavy atom. The molecule has 0 spiro atoms. The molecule has 1 aliphatic heterocycles. The van der Waals surface area contributed by atoms with Gasteiger partial charge in [-0.25, -0.2) is 0 Å². The van der Waals surface area contributed by atoms with E-state index in [1.54, 1.807) is 11.0 Å². The van der Waals surface area contributed by atoms with Gasteiger partial charge < -0.3 is 9.64 Å². The first-order valence-electron chi connectivity index (χ1n) is 8.57. The van der Waals surface area contributed by atoms with Crippen molar-refractivity contribution in [2.45, 2.75) is 13.1 Å². The number of rotatable bonds is 6. The highest BCUT2D eigenvalue weighted by atomic mass is 35.5. The van der Waals surface area contributed by atoms with Crippen molar-refractivity contribution >= 4 is 34.8 Å². The Morgan fingerprint density at radius 1 is 1.25 bits per heavy atom. The van der Waals surface area contributed by atoms with Crippen LogP contribution in [-0.4, -0.2) is 63.7 Å². The van der Waals surface area contributed by atoms with Crippen LogP contribution in [0, 0.1) is 10.1 Å². The Morgan fingerprint density at radius 3 is 2.54 bits per heavy atom. The molecule has 2 heterocycles. The molecular formula is C17H19Cl2N5O4. The molecule has 11 heteroatoms. The van der Waals surface area contributed by atoms with Gasteiger partial charge in [0.05, 0.1) is 22.1 Å². The lowest BCUT2D eigenvalue weighted by molar-refractivity contribution is -0.385. The molecule has 0 saturated carbocycles. The fraction of sp³-hybridized carbons (Fsp3) is 0.412. The van der Waals surface area contributed by atoms with Gasteiger partial charge in [0.1, 0.15) is 12.7 Å². The average molecular weight is 428 g/mol. The number of benzene rings is 1. The minimum Gasteiger partial charge on any atom is -0.475 e. The predicted octanol–water partition coefficient (Wildman–Crippen LogP) is 2.45. The summed E-state index contributed by atoms with van der Waals surface area (Å²) in [6.07, 6.45) is 1.21. The second kappa shape index (κ2) is 8.76. The van der Waals surface area contributed by atoms with Gasteiger partial charge in [-0.2, -0.15) is 0 Å². The van der Waals surface area contributed by atoms with E-state index in [4.69, 9.17) is 27.9 Å². The molecule has 0 atom stereocenters. The van der Waals surface area contributed by atoms with Crippen LogP contribution in [0.25, 0.3) is 0 Å². The van der Waals surface area contributed by atoms with Gasteiger partial charge in [0.15, 0.2) is 0 Å². The van der Waals surface area contributed by atoms with E-state index in [0.29, 0.717) is 36.2 Å². The summed E-state index contributed by atoms with van der Waals surface area (Å²) in [5.41, 5.74) is 0.798. The monoisotopic (exact) mass is 427 g/mol. The molecule has 0 unspecified atom stereocenters. The number of methoxy groups -OCH3 is 1. The zero-order valence-electron chi connectivity index (χ0n) is 15.2. The molecule has 0 bridgehead atoms. The van der Waals surface area contributed by atoms with Crippen LogP contribution in [0.2, 0.25) is 10.0 Å². The van der Waals surface area contributed by atoms with Crippen molar-refractivity contribution in [2.24, 2.45) is 0 Å². The first-order chi connectivity index (χ1) is 13.4. The van der Waals surface area contributed by atoms with Crippen LogP contribution in [0.5, 0.6) is 5.88 Å². The van der Waals surface area contributed by atoms with Crippen LogP contribution < -0.4 is 4.74 Å². The molecule has 0 radical (unpaired) electrons. The number of nitrogens with zero attached hydrogens (tertiary/aromatic N) is 5. The third-order valence-electron chi connectivity index (χ3n) is 4.51. The second-order valence-corrected chi connectivity index (χ2v) is 7.20. The number of nitro groups is 1. The van der Waals surface area contributed by atoms with Crippen molar-refractivity contribution in [2.75, 3.05) is 33.3 Å². The molecule has 1 aromatic heterocycles. The van der Waals surface area contributed by atoms with E-state index < -0.39 is 4.92 Å². The van der Waals surface area contributed by atoms with Crippen molar-refractivity contribution in [1.29, 1.82) is 0 Å². The van der Waals surface area contributed by atoms with Crippen molar-refractivity contribution in [3.8, 4) is 5.88 Å². The number of aromatic nitrogens is 2. The van der Waals surface area contributed by atoms with Gasteiger partial charge in [-0.15, -0.1) is 5.10 Å². The lowest BCUT2D eigenvalue weighted by Crippen LogP contribution is -2.49. The number of amides is 1. The summed E-state index contributed by atoms with van der Waals surface area (Å²) in [6, 6.07) is 5.56. The zero-order chi connectivity index (χ0) is 20.3. The van der Waals surface area contributed by atoms with E-state index in [-0.39, 0.29) is 24.0 Å². The first kappa shape index (κ1) is 20.4. The number of piperazine rings is 1. The topological polar surface area (TPSA) is 93.7 Å². The summed E-state index contributed by atoms with van der Waals surface area (Å²) < 4.78 is 6.12. The summed E-state index contributed by atoms with van der Waals surface area (Å²) in [4.78, 5) is 26.8. The Bertz CT molecular complexity index is 880. The van der Waals surface area contributed by atoms with Crippen molar-refractivity contribution in [1.82, 2.24) is 19.6 Å². The normalized spacial score (nSPS) is 14.9. The number of ether oxygens (including phenoxy) is 1. The molecule has 2 aromatic rings. The van der Waals surface area contributed by atoms with Crippen LogP contribution in [0.1, 0.15) is 5.56 Å². The Balaban J connectivity index is 1.53. The molecule has 9 nitrogen and oxygen atoms in total. The highest BCUT2D eigenvalue weighted by Gasteiger charge is 2.25. The number of hydrogen-bond donors (Lipinski definition) is 0. The van der Waals surface area contributed by atoms with Crippen molar-refractivity contribution in [3.05, 3.63) is 50.1 Å². The van der Waals surface area contributed by atoms with Crippen molar-refractivity contribution in [3.63, 3.8) is 0 Å². The molecule has 0 N–H and O–H groups in total. The fourth-order valence-electron chi connectivity index (χ4n) is 3.03. The summed E-state index contributed by atoms with van der Waals surface area (Å²) in [5, 5.41) is 16.0. The molecule has 3 rings (SSSR count). The maximum Gasteiger partial charge on any atom is 0.350 e. The van der Waals surface area contributed by atoms with Crippen LogP contribution in [-0.2, 0) is 17.9 Å². The van der Waals surface area contributed by atoms with Crippen LogP contribution >= 0.6 is 23.2 Å². The SMILES string of the molecule is COc1nn(CC(=O)N2CCN(Cc3ccc(Cl)c(Cl)c3)CC2)cc1[N+](=O)[O-]. The van der Waals surface area contributed by atoms with Crippen LogP contribution in [0.3, 0.4) is 0 Å². The van der Waals surface area contributed by atoms with Gasteiger partial charge in [0.25, 0.3) is 0 Å². The van der Waals surface area contributed by atoms with E-state index in [9.17, 15) is 14.9 Å². The number of carbonyl (C=O) groups excluding carboxylic acids is 1. The maximum absolute atomic E-state index is 12.5. The summed E-state index contributed by atoms with van der Waals surface area (Å²) in [7, 11) is 1.30. The molecule has 0 aliphatic carbocycles. The Kier molecular flexibility index (Phi) is 6.38. The van der Waals surface area contributed by atoms with Crippen molar-refractivity contribution < 1.29 is 14.5 Å². The van der Waals surface area contributed by atoms with E-state index in [1.165, 1.54) is 18.0 Å². The molecule has 1 saturated heterocycles. The van der Waals surface area contributed by atoms with Gasteiger partial charge in [-0.1, -0.05) is 29.3 Å². The van der Waals surface area contributed by atoms with E-state index in [1.807, 2.05) is 12.1 Å². The third kappa shape index (κ3) is 4.73. The Hall–Kier alpha value is -2.36. The smallest absolute Gasteiger partial charge is 0.350 e. The minimum atomic E-state index is -0.589. The van der Waals surface area contributed by atoms with Gasteiger partial charge in [0, 0.05) is 32.7 Å². The van der Waals surface area contributed by atoms with E-state index in [2.05, 4.69) is 10.00 Å². The molecule has 1 amide bonds. The highest BCUT2D eigenvalue weighted by molar-refractivity contribution is 6.42. The highest BCUT2D eigenvalue weighted by Crippen LogP contribution is 2.25. The molecule has 1 aromatic carbocycles. The molecule has 1 fully saturated rings. The standard InChI is InChI=1S/C17H19Cl2N5O4/c1-28-17-15(24(26)27)10-23(20-17)11-16(25)22-6-4-21(5-7-22)9-12-2-3-13(18)14(19)8-12/h2-3,8,10H,4-7,9,11H2,1H3. The predicted molar refractivity (Wildman–Crippen MR) is 104 cm³/mol. The average Bonchev–Trinajstić information content (AvgIpc) is 3.08. The number of carbonyl (C=O) groups is 1. The second-order valence-electron chi connectivity index (χ2n) is 6.38.